The maximum absolute atomic E-state index is 14.4. The summed E-state index contributed by atoms with van der Waals surface area (Å²) in [4.78, 5) is 8.58. The third kappa shape index (κ3) is 2.59. The summed E-state index contributed by atoms with van der Waals surface area (Å²) in [5.74, 6) is 1.36. The van der Waals surface area contributed by atoms with Crippen LogP contribution in [0.1, 0.15) is 11.1 Å². The Balaban J connectivity index is 1.51. The molecule has 9 heteroatoms. The van der Waals surface area contributed by atoms with Crippen LogP contribution >= 0.6 is 0 Å². The predicted molar refractivity (Wildman–Crippen MR) is 101 cm³/mol. The molecule has 0 saturated heterocycles. The molecule has 140 valence electrons. The van der Waals surface area contributed by atoms with Crippen molar-refractivity contribution in [3.8, 4) is 16.9 Å². The van der Waals surface area contributed by atoms with Gasteiger partial charge in [-0.15, -0.1) is 10.2 Å². The lowest BCUT2D eigenvalue weighted by atomic mass is 10.0. The molecule has 4 heterocycles. The molecule has 0 aliphatic carbocycles. The van der Waals surface area contributed by atoms with E-state index in [-0.39, 0.29) is 12.4 Å². The molecule has 0 amide bonds. The van der Waals surface area contributed by atoms with Gasteiger partial charge in [0.25, 0.3) is 0 Å². The van der Waals surface area contributed by atoms with Gasteiger partial charge < -0.3 is 15.8 Å². The molecular formula is C19H16FN7O. The van der Waals surface area contributed by atoms with Crippen LogP contribution < -0.4 is 15.8 Å². The molecule has 0 bridgehead atoms. The van der Waals surface area contributed by atoms with Gasteiger partial charge in [-0.1, -0.05) is 0 Å². The number of nitrogens with zero attached hydrogens (tertiary/aromatic N) is 5. The smallest absolute Gasteiger partial charge is 0.210 e. The zero-order valence-electron chi connectivity index (χ0n) is 14.8. The van der Waals surface area contributed by atoms with Gasteiger partial charge in [0.05, 0.1) is 6.61 Å². The van der Waals surface area contributed by atoms with Crippen molar-refractivity contribution in [2.24, 2.45) is 0 Å². The first-order valence-electron chi connectivity index (χ1n) is 8.79. The van der Waals surface area contributed by atoms with E-state index in [0.717, 1.165) is 16.9 Å². The maximum Gasteiger partial charge on any atom is 0.210 e. The third-order valence-electron chi connectivity index (χ3n) is 4.83. The fourth-order valence-corrected chi connectivity index (χ4v) is 3.46. The molecule has 0 atom stereocenters. The second-order valence-electron chi connectivity index (χ2n) is 6.41. The second kappa shape index (κ2) is 6.45. The van der Waals surface area contributed by atoms with Gasteiger partial charge in [0.15, 0.2) is 5.65 Å². The van der Waals surface area contributed by atoms with Crippen LogP contribution in [0.2, 0.25) is 0 Å². The van der Waals surface area contributed by atoms with Crippen LogP contribution in [0, 0.1) is 5.82 Å². The van der Waals surface area contributed by atoms with E-state index in [1.165, 1.54) is 6.07 Å². The number of halogens is 1. The van der Waals surface area contributed by atoms with Gasteiger partial charge in [-0.2, -0.15) is 0 Å². The summed E-state index contributed by atoms with van der Waals surface area (Å²) in [5, 5.41) is 11.4. The molecule has 8 nitrogen and oxygen atoms in total. The van der Waals surface area contributed by atoms with E-state index >= 15 is 0 Å². The first kappa shape index (κ1) is 16.4. The van der Waals surface area contributed by atoms with Gasteiger partial charge in [0.2, 0.25) is 5.95 Å². The van der Waals surface area contributed by atoms with Crippen LogP contribution in [-0.2, 0) is 13.0 Å². The number of benzene rings is 1. The van der Waals surface area contributed by atoms with Crippen molar-refractivity contribution >= 4 is 17.4 Å². The van der Waals surface area contributed by atoms with Crippen LogP contribution in [0.3, 0.4) is 0 Å². The van der Waals surface area contributed by atoms with Crippen molar-refractivity contribution in [3.63, 3.8) is 0 Å². The van der Waals surface area contributed by atoms with Crippen LogP contribution in [-0.4, -0.2) is 31.2 Å². The van der Waals surface area contributed by atoms with E-state index in [1.807, 2.05) is 6.07 Å². The Morgan fingerprint density at radius 1 is 1.21 bits per heavy atom. The Bertz CT molecular complexity index is 1190. The minimum absolute atomic E-state index is 0.267. The molecule has 1 aromatic carbocycles. The predicted octanol–water partition coefficient (Wildman–Crippen LogP) is 2.45. The van der Waals surface area contributed by atoms with Gasteiger partial charge >= 0.3 is 0 Å². The number of aromatic nitrogens is 5. The number of anilines is 2. The summed E-state index contributed by atoms with van der Waals surface area (Å²) in [6.45, 7) is 0.841. The number of ether oxygens (including phenoxy) is 1. The number of fused-ring (bicyclic) bond motifs is 2. The highest BCUT2D eigenvalue weighted by Gasteiger charge is 2.20. The quantitative estimate of drug-likeness (QED) is 0.563. The number of nitrogens with one attached hydrogen (secondary N) is 1. The molecule has 0 spiro atoms. The molecule has 3 aromatic heterocycles. The van der Waals surface area contributed by atoms with Gasteiger partial charge in [-0.3, -0.25) is 4.40 Å². The summed E-state index contributed by atoms with van der Waals surface area (Å²) in [7, 11) is 0. The van der Waals surface area contributed by atoms with Gasteiger partial charge in [-0.25, -0.2) is 14.4 Å². The van der Waals surface area contributed by atoms with Gasteiger partial charge in [0.1, 0.15) is 23.7 Å². The number of rotatable bonds is 4. The number of nitrogen functional groups attached to an aromatic ring is 1. The first-order chi connectivity index (χ1) is 13.7. The van der Waals surface area contributed by atoms with Gasteiger partial charge in [0, 0.05) is 47.6 Å². The van der Waals surface area contributed by atoms with Crippen LogP contribution in [0.15, 0.2) is 43.0 Å². The van der Waals surface area contributed by atoms with E-state index in [9.17, 15) is 4.39 Å². The van der Waals surface area contributed by atoms with Crippen molar-refractivity contribution in [1.82, 2.24) is 24.6 Å². The van der Waals surface area contributed by atoms with Crippen LogP contribution in [0.25, 0.3) is 16.8 Å². The minimum atomic E-state index is -0.267. The fraction of sp³-hybridized carbons (Fsp3) is 0.158. The van der Waals surface area contributed by atoms with E-state index < -0.39 is 0 Å². The molecule has 5 rings (SSSR count). The molecule has 1 aliphatic heterocycles. The number of hydrogen-bond acceptors (Lipinski definition) is 7. The molecule has 0 radical (unpaired) electrons. The summed E-state index contributed by atoms with van der Waals surface area (Å²) < 4.78 is 21.6. The number of pyridine rings is 1. The Morgan fingerprint density at radius 3 is 3.04 bits per heavy atom. The normalized spacial score (nSPS) is 12.8. The molecule has 4 aromatic rings. The first-order valence-corrected chi connectivity index (χ1v) is 8.79. The zero-order valence-corrected chi connectivity index (χ0v) is 14.8. The topological polar surface area (TPSA) is 103 Å². The Labute approximate surface area is 159 Å². The lowest BCUT2D eigenvalue weighted by Gasteiger charge is -2.13. The van der Waals surface area contributed by atoms with Crippen molar-refractivity contribution in [1.29, 1.82) is 0 Å². The summed E-state index contributed by atoms with van der Waals surface area (Å²) >= 11 is 0. The highest BCUT2D eigenvalue weighted by Crippen LogP contribution is 2.31. The third-order valence-corrected chi connectivity index (χ3v) is 4.83. The average Bonchev–Trinajstić information content (AvgIpc) is 3.37. The van der Waals surface area contributed by atoms with Crippen molar-refractivity contribution in [3.05, 3.63) is 59.9 Å². The Kier molecular flexibility index (Phi) is 3.78. The van der Waals surface area contributed by atoms with E-state index in [1.54, 1.807) is 35.3 Å². The van der Waals surface area contributed by atoms with E-state index in [0.29, 0.717) is 41.6 Å². The van der Waals surface area contributed by atoms with Gasteiger partial charge in [-0.05, 0) is 24.3 Å². The molecule has 28 heavy (non-hydrogen) atoms. The highest BCUT2D eigenvalue weighted by atomic mass is 19.1. The lowest BCUT2D eigenvalue weighted by Crippen LogP contribution is -2.10. The molecule has 0 unspecified atom stereocenters. The summed E-state index contributed by atoms with van der Waals surface area (Å²) in [6.07, 6.45) is 5.53. The minimum Gasteiger partial charge on any atom is -0.493 e. The van der Waals surface area contributed by atoms with Crippen LogP contribution in [0.5, 0.6) is 5.75 Å². The molecular weight excluding hydrogens is 361 g/mol. The zero-order chi connectivity index (χ0) is 19.1. The average molecular weight is 377 g/mol. The fourth-order valence-electron chi connectivity index (χ4n) is 3.46. The number of hydrogen-bond donors (Lipinski definition) is 2. The monoisotopic (exact) mass is 377 g/mol. The lowest BCUT2D eigenvalue weighted by molar-refractivity contribution is 0.356. The van der Waals surface area contributed by atoms with Crippen LogP contribution in [0.4, 0.5) is 16.2 Å². The van der Waals surface area contributed by atoms with Crippen molar-refractivity contribution < 1.29 is 9.13 Å². The SMILES string of the molecule is Nc1ncccc1-c1cnc(NCc2c(F)ccc3c2CCO3)n2cnnc12. The van der Waals surface area contributed by atoms with E-state index in [4.69, 9.17) is 10.5 Å². The second-order valence-corrected chi connectivity index (χ2v) is 6.41. The molecule has 3 N–H and O–H groups in total. The maximum atomic E-state index is 14.4. The standard InChI is InChI=1S/C19H16FN7O/c20-15-3-4-16-11(5-7-28-16)13(15)8-23-19-24-9-14(18-26-25-10-27(18)19)12-2-1-6-22-17(12)21/h1-4,6,9-10H,5,7-8H2,(H2,21,22)(H,23,24). The summed E-state index contributed by atoms with van der Waals surface area (Å²) in [5.41, 5.74) is 9.49. The number of nitrogens with two attached hydrogens (primary N) is 1. The molecule has 0 fully saturated rings. The largest absolute Gasteiger partial charge is 0.493 e. The van der Waals surface area contributed by atoms with E-state index in [2.05, 4.69) is 25.5 Å². The Morgan fingerprint density at radius 2 is 2.14 bits per heavy atom. The Hall–Kier alpha value is -3.75. The molecule has 0 saturated carbocycles. The molecule has 1 aliphatic rings. The van der Waals surface area contributed by atoms with Crippen molar-refractivity contribution in [2.45, 2.75) is 13.0 Å². The highest BCUT2D eigenvalue weighted by molar-refractivity contribution is 5.83. The summed E-state index contributed by atoms with van der Waals surface area (Å²) in [6, 6.07) is 6.75. The van der Waals surface area contributed by atoms with Crippen molar-refractivity contribution in [2.75, 3.05) is 17.7 Å².